The van der Waals surface area contributed by atoms with Crippen molar-refractivity contribution >= 4 is 5.97 Å². The van der Waals surface area contributed by atoms with Crippen molar-refractivity contribution in [2.45, 2.75) is 32.9 Å². The van der Waals surface area contributed by atoms with Crippen molar-refractivity contribution in [2.75, 3.05) is 19.8 Å². The molecule has 0 amide bonds. The second kappa shape index (κ2) is 6.86. The van der Waals surface area contributed by atoms with E-state index in [2.05, 4.69) is 19.9 Å². The first-order chi connectivity index (χ1) is 9.58. The van der Waals surface area contributed by atoms with E-state index in [1.165, 1.54) is 5.56 Å². The molecular formula is C16H23NO3. The van der Waals surface area contributed by atoms with Crippen LogP contribution in [0.25, 0.3) is 0 Å². The molecule has 1 aromatic carbocycles. The fraction of sp³-hybridized carbons (Fsp3) is 0.562. The largest absolute Gasteiger partial charge is 0.480 e. The molecule has 2 rings (SSSR count). The molecule has 0 aliphatic carbocycles. The Hall–Kier alpha value is -1.39. The zero-order chi connectivity index (χ0) is 14.5. The predicted octanol–water partition coefficient (Wildman–Crippen LogP) is 2.17. The number of fused-ring (bicyclic) bond motifs is 1. The lowest BCUT2D eigenvalue weighted by Crippen LogP contribution is -2.46. The van der Waals surface area contributed by atoms with Crippen LogP contribution in [0.3, 0.4) is 0 Å². The average Bonchev–Trinajstić information content (AvgIpc) is 2.42. The summed E-state index contributed by atoms with van der Waals surface area (Å²) in [5.74, 6) is -0.240. The van der Waals surface area contributed by atoms with Gasteiger partial charge in [0.25, 0.3) is 0 Å². The lowest BCUT2D eigenvalue weighted by molar-refractivity contribution is -0.144. The highest BCUT2D eigenvalue weighted by Gasteiger charge is 2.30. The van der Waals surface area contributed by atoms with E-state index in [1.54, 1.807) is 0 Å². The number of aliphatic carboxylic acids is 1. The normalized spacial score (nSPS) is 19.1. The molecule has 0 saturated carbocycles. The van der Waals surface area contributed by atoms with Gasteiger partial charge in [-0.2, -0.15) is 0 Å². The van der Waals surface area contributed by atoms with Gasteiger partial charge in [-0.3, -0.25) is 9.69 Å². The van der Waals surface area contributed by atoms with Crippen molar-refractivity contribution in [3.8, 4) is 0 Å². The Balaban J connectivity index is 1.97. The number of rotatable bonds is 6. The van der Waals surface area contributed by atoms with Crippen molar-refractivity contribution in [1.29, 1.82) is 0 Å². The van der Waals surface area contributed by atoms with E-state index in [9.17, 15) is 9.90 Å². The van der Waals surface area contributed by atoms with Crippen molar-refractivity contribution in [3.63, 3.8) is 0 Å². The molecule has 0 unspecified atom stereocenters. The second-order valence-corrected chi connectivity index (χ2v) is 5.77. The minimum atomic E-state index is -0.747. The lowest BCUT2D eigenvalue weighted by Gasteiger charge is -2.34. The van der Waals surface area contributed by atoms with E-state index in [0.717, 1.165) is 12.2 Å². The quantitative estimate of drug-likeness (QED) is 0.810. The number of carbonyl (C=O) groups is 1. The third-order valence-electron chi connectivity index (χ3n) is 3.60. The van der Waals surface area contributed by atoms with Gasteiger partial charge in [-0.15, -0.1) is 0 Å². The Bertz CT molecular complexity index is 459. The Kier molecular flexibility index (Phi) is 5.15. The van der Waals surface area contributed by atoms with Crippen molar-refractivity contribution in [1.82, 2.24) is 4.90 Å². The molecule has 0 saturated heterocycles. The van der Waals surface area contributed by atoms with E-state index in [0.29, 0.717) is 32.0 Å². The van der Waals surface area contributed by atoms with Gasteiger partial charge < -0.3 is 9.84 Å². The van der Waals surface area contributed by atoms with Crippen LogP contribution in [-0.4, -0.2) is 41.8 Å². The topological polar surface area (TPSA) is 49.8 Å². The summed E-state index contributed by atoms with van der Waals surface area (Å²) < 4.78 is 5.58. The van der Waals surface area contributed by atoms with Crippen LogP contribution in [0.1, 0.15) is 25.0 Å². The van der Waals surface area contributed by atoms with Gasteiger partial charge in [0, 0.05) is 19.7 Å². The van der Waals surface area contributed by atoms with Crippen LogP contribution >= 0.6 is 0 Å². The molecule has 1 aliphatic rings. The zero-order valence-electron chi connectivity index (χ0n) is 12.2. The van der Waals surface area contributed by atoms with Crippen LogP contribution in [0.2, 0.25) is 0 Å². The average molecular weight is 277 g/mol. The first-order valence-corrected chi connectivity index (χ1v) is 7.19. The van der Waals surface area contributed by atoms with Gasteiger partial charge in [-0.1, -0.05) is 38.1 Å². The van der Waals surface area contributed by atoms with E-state index < -0.39 is 12.0 Å². The lowest BCUT2D eigenvalue weighted by atomic mass is 9.94. The number of benzene rings is 1. The van der Waals surface area contributed by atoms with E-state index in [4.69, 9.17) is 4.74 Å². The van der Waals surface area contributed by atoms with Gasteiger partial charge in [0.2, 0.25) is 0 Å². The molecule has 1 atom stereocenters. The van der Waals surface area contributed by atoms with Crippen LogP contribution < -0.4 is 0 Å². The molecule has 4 nitrogen and oxygen atoms in total. The molecule has 1 heterocycles. The van der Waals surface area contributed by atoms with Gasteiger partial charge in [-0.05, 0) is 23.5 Å². The molecule has 1 aliphatic heterocycles. The molecule has 20 heavy (non-hydrogen) atoms. The maximum absolute atomic E-state index is 11.4. The van der Waals surface area contributed by atoms with Gasteiger partial charge in [0.05, 0.1) is 6.61 Å². The van der Waals surface area contributed by atoms with Crippen LogP contribution in [0.4, 0.5) is 0 Å². The fourth-order valence-electron chi connectivity index (χ4n) is 2.56. The standard InChI is InChI=1S/C16H23NO3/c1-12(2)11-20-8-7-17-10-14-6-4-3-5-13(14)9-15(17)16(18)19/h3-6,12,15H,7-11H2,1-2H3,(H,18,19)/t15-/m0/s1. The van der Waals surface area contributed by atoms with E-state index in [-0.39, 0.29) is 0 Å². The van der Waals surface area contributed by atoms with Crippen LogP contribution in [0, 0.1) is 5.92 Å². The number of carboxylic acid groups (broad SMARTS) is 1. The minimum Gasteiger partial charge on any atom is -0.480 e. The summed E-state index contributed by atoms with van der Waals surface area (Å²) in [6, 6.07) is 7.65. The first kappa shape index (κ1) is 15.0. The third kappa shape index (κ3) is 3.81. The molecule has 0 aromatic heterocycles. The zero-order valence-corrected chi connectivity index (χ0v) is 12.2. The molecule has 0 radical (unpaired) electrons. The second-order valence-electron chi connectivity index (χ2n) is 5.77. The van der Waals surface area contributed by atoms with Crippen molar-refractivity contribution in [2.24, 2.45) is 5.92 Å². The van der Waals surface area contributed by atoms with Crippen LogP contribution in [0.5, 0.6) is 0 Å². The van der Waals surface area contributed by atoms with Crippen molar-refractivity contribution < 1.29 is 14.6 Å². The molecular weight excluding hydrogens is 254 g/mol. The highest BCUT2D eigenvalue weighted by molar-refractivity contribution is 5.74. The van der Waals surface area contributed by atoms with E-state index >= 15 is 0 Å². The summed E-state index contributed by atoms with van der Waals surface area (Å²) >= 11 is 0. The van der Waals surface area contributed by atoms with Crippen LogP contribution in [-0.2, 0) is 22.5 Å². The summed E-state index contributed by atoms with van der Waals surface area (Å²) in [4.78, 5) is 13.4. The third-order valence-corrected chi connectivity index (χ3v) is 3.60. The smallest absolute Gasteiger partial charge is 0.321 e. The minimum absolute atomic E-state index is 0.437. The maximum atomic E-state index is 11.4. The predicted molar refractivity (Wildman–Crippen MR) is 77.6 cm³/mol. The summed E-state index contributed by atoms with van der Waals surface area (Å²) in [5.41, 5.74) is 2.38. The number of hydrogen-bond donors (Lipinski definition) is 1. The van der Waals surface area contributed by atoms with Crippen LogP contribution in [0.15, 0.2) is 24.3 Å². The monoisotopic (exact) mass is 277 g/mol. The number of nitrogens with zero attached hydrogens (tertiary/aromatic N) is 1. The number of carboxylic acids is 1. The molecule has 0 spiro atoms. The molecule has 4 heteroatoms. The van der Waals surface area contributed by atoms with Gasteiger partial charge >= 0.3 is 5.97 Å². The summed E-state index contributed by atoms with van der Waals surface area (Å²) in [5, 5.41) is 9.40. The number of ether oxygens (including phenoxy) is 1. The maximum Gasteiger partial charge on any atom is 0.321 e. The molecule has 1 aromatic rings. The fourth-order valence-corrected chi connectivity index (χ4v) is 2.56. The van der Waals surface area contributed by atoms with Crippen molar-refractivity contribution in [3.05, 3.63) is 35.4 Å². The van der Waals surface area contributed by atoms with Gasteiger partial charge in [0.15, 0.2) is 0 Å². The summed E-state index contributed by atoms with van der Waals surface area (Å²) in [7, 11) is 0. The van der Waals surface area contributed by atoms with Gasteiger partial charge in [0.1, 0.15) is 6.04 Å². The number of hydrogen-bond acceptors (Lipinski definition) is 3. The Morgan fingerprint density at radius 1 is 1.40 bits per heavy atom. The SMILES string of the molecule is CC(C)COCCN1Cc2ccccc2C[C@H]1C(=O)O. The highest BCUT2D eigenvalue weighted by Crippen LogP contribution is 2.23. The molecule has 1 N–H and O–H groups in total. The highest BCUT2D eigenvalue weighted by atomic mass is 16.5. The molecule has 0 fully saturated rings. The Morgan fingerprint density at radius 3 is 2.75 bits per heavy atom. The molecule has 0 bridgehead atoms. The molecule has 110 valence electrons. The summed E-state index contributed by atoms with van der Waals surface area (Å²) in [6.45, 7) is 6.89. The Morgan fingerprint density at radius 2 is 2.10 bits per heavy atom. The first-order valence-electron chi connectivity index (χ1n) is 7.19. The van der Waals surface area contributed by atoms with E-state index in [1.807, 2.05) is 23.1 Å². The van der Waals surface area contributed by atoms with Gasteiger partial charge in [-0.25, -0.2) is 0 Å². The Labute approximate surface area is 120 Å². The summed E-state index contributed by atoms with van der Waals surface area (Å²) in [6.07, 6.45) is 0.579.